The molecule has 3 aliphatic rings. The van der Waals surface area contributed by atoms with E-state index in [9.17, 15) is 0 Å². The Kier molecular flexibility index (Phi) is 5.74. The van der Waals surface area contributed by atoms with E-state index >= 15 is 0 Å². The highest BCUT2D eigenvalue weighted by Gasteiger charge is 2.26. The van der Waals surface area contributed by atoms with Crippen molar-refractivity contribution in [2.45, 2.75) is 37.7 Å². The van der Waals surface area contributed by atoms with Gasteiger partial charge < -0.3 is 25.0 Å². The molecule has 33 heavy (non-hydrogen) atoms. The van der Waals surface area contributed by atoms with Gasteiger partial charge in [0.25, 0.3) is 0 Å². The molecule has 0 amide bonds. The molecule has 2 aliphatic heterocycles. The van der Waals surface area contributed by atoms with Crippen molar-refractivity contribution in [2.24, 2.45) is 0 Å². The van der Waals surface area contributed by atoms with Crippen LogP contribution in [0.25, 0.3) is 10.9 Å². The second-order valence-electron chi connectivity index (χ2n) is 9.26. The molecular formula is C26H31N5O2. The van der Waals surface area contributed by atoms with Gasteiger partial charge >= 0.3 is 0 Å². The number of morpholine rings is 1. The number of hydrogen-bond donors (Lipinski definition) is 2. The number of fused-ring (bicyclic) bond motifs is 1. The third-order valence-corrected chi connectivity index (χ3v) is 6.80. The van der Waals surface area contributed by atoms with Gasteiger partial charge in [-0.3, -0.25) is 0 Å². The number of hydrogen-bond acceptors (Lipinski definition) is 7. The topological polar surface area (TPSA) is 71.5 Å². The molecule has 2 N–H and O–H groups in total. The highest BCUT2D eigenvalue weighted by Crippen LogP contribution is 2.43. The zero-order valence-corrected chi connectivity index (χ0v) is 18.9. The zero-order chi connectivity index (χ0) is 22.0. The quantitative estimate of drug-likeness (QED) is 0.589. The van der Waals surface area contributed by atoms with Crippen LogP contribution in [-0.2, 0) is 4.74 Å². The van der Waals surface area contributed by atoms with Gasteiger partial charge in [-0.05, 0) is 86.7 Å². The molecule has 172 valence electrons. The zero-order valence-electron chi connectivity index (χ0n) is 18.9. The normalized spacial score (nSPS) is 19.6. The molecule has 0 unspecified atom stereocenters. The van der Waals surface area contributed by atoms with Crippen molar-refractivity contribution in [2.75, 3.05) is 49.6 Å². The van der Waals surface area contributed by atoms with Gasteiger partial charge in [-0.25, -0.2) is 9.97 Å². The summed E-state index contributed by atoms with van der Waals surface area (Å²) in [5.41, 5.74) is 4.44. The minimum absolute atomic E-state index is 0.239. The third kappa shape index (κ3) is 4.75. The van der Waals surface area contributed by atoms with Crippen LogP contribution in [0.5, 0.6) is 5.75 Å². The lowest BCUT2D eigenvalue weighted by atomic mass is 10.1. The molecule has 1 saturated carbocycles. The summed E-state index contributed by atoms with van der Waals surface area (Å²) in [5.74, 6) is 2.15. The lowest BCUT2D eigenvalue weighted by molar-refractivity contribution is 0.122. The van der Waals surface area contributed by atoms with Crippen LogP contribution >= 0.6 is 0 Å². The molecule has 3 fully saturated rings. The lowest BCUT2D eigenvalue weighted by Gasteiger charge is -2.28. The monoisotopic (exact) mass is 445 g/mol. The summed E-state index contributed by atoms with van der Waals surface area (Å²) >= 11 is 0. The number of nitrogens with one attached hydrogen (secondary N) is 2. The maximum atomic E-state index is 6.50. The summed E-state index contributed by atoms with van der Waals surface area (Å²) in [6, 6.07) is 12.9. The fraction of sp³-hybridized carbons (Fsp3) is 0.462. The molecule has 0 atom stereocenters. The molecule has 0 bridgehead atoms. The van der Waals surface area contributed by atoms with Crippen LogP contribution in [0.1, 0.15) is 37.2 Å². The molecule has 7 nitrogen and oxygen atoms in total. The third-order valence-electron chi connectivity index (χ3n) is 6.80. The maximum Gasteiger partial charge on any atom is 0.227 e. The number of piperidine rings is 1. The summed E-state index contributed by atoms with van der Waals surface area (Å²) in [4.78, 5) is 11.8. The molecule has 0 radical (unpaired) electrons. The smallest absolute Gasteiger partial charge is 0.227 e. The van der Waals surface area contributed by atoms with E-state index in [0.29, 0.717) is 11.9 Å². The Hall–Kier alpha value is -2.90. The summed E-state index contributed by atoms with van der Waals surface area (Å²) in [6.45, 7) is 5.46. The van der Waals surface area contributed by atoms with Gasteiger partial charge in [0.05, 0.1) is 13.2 Å². The first-order chi connectivity index (χ1) is 16.3. The second kappa shape index (κ2) is 9.15. The van der Waals surface area contributed by atoms with E-state index in [0.717, 1.165) is 74.6 Å². The average molecular weight is 446 g/mol. The van der Waals surface area contributed by atoms with E-state index in [1.54, 1.807) is 0 Å². The van der Waals surface area contributed by atoms with Crippen molar-refractivity contribution in [3.05, 3.63) is 48.2 Å². The minimum atomic E-state index is 0.239. The first kappa shape index (κ1) is 20.7. The maximum absolute atomic E-state index is 6.50. The Morgan fingerprint density at radius 2 is 1.79 bits per heavy atom. The van der Waals surface area contributed by atoms with E-state index < -0.39 is 0 Å². The van der Waals surface area contributed by atoms with Crippen LogP contribution in [0.3, 0.4) is 0 Å². The Morgan fingerprint density at radius 3 is 2.55 bits per heavy atom. The Bertz CT molecular complexity index is 1100. The molecule has 1 aromatic heterocycles. The minimum Gasteiger partial charge on any atom is -0.488 e. The number of anilines is 3. The Morgan fingerprint density at radius 1 is 1.00 bits per heavy atom. The number of aromatic nitrogens is 2. The molecule has 0 spiro atoms. The Labute approximate surface area is 194 Å². The summed E-state index contributed by atoms with van der Waals surface area (Å²) in [6.07, 6.45) is 6.75. The first-order valence-electron chi connectivity index (χ1n) is 12.2. The fourth-order valence-electron chi connectivity index (χ4n) is 4.74. The summed E-state index contributed by atoms with van der Waals surface area (Å²) < 4.78 is 12.0. The predicted octanol–water partition coefficient (Wildman–Crippen LogP) is 4.22. The van der Waals surface area contributed by atoms with Crippen LogP contribution in [-0.4, -0.2) is 55.5 Å². The molecular weight excluding hydrogens is 414 g/mol. The van der Waals surface area contributed by atoms with E-state index in [1.807, 2.05) is 6.20 Å². The van der Waals surface area contributed by atoms with Gasteiger partial charge in [0.15, 0.2) is 0 Å². The fourth-order valence-corrected chi connectivity index (χ4v) is 4.74. The van der Waals surface area contributed by atoms with Crippen LogP contribution in [0.4, 0.5) is 17.3 Å². The van der Waals surface area contributed by atoms with Crippen molar-refractivity contribution < 1.29 is 9.47 Å². The number of rotatable bonds is 6. The molecule has 2 saturated heterocycles. The molecule has 7 heteroatoms. The van der Waals surface area contributed by atoms with E-state index in [2.05, 4.69) is 56.9 Å². The number of benzene rings is 2. The number of ether oxygens (including phenoxy) is 2. The van der Waals surface area contributed by atoms with Crippen molar-refractivity contribution >= 4 is 28.2 Å². The molecule has 6 rings (SSSR count). The van der Waals surface area contributed by atoms with Crippen LogP contribution < -0.4 is 20.3 Å². The van der Waals surface area contributed by atoms with E-state index in [-0.39, 0.29) is 6.10 Å². The van der Waals surface area contributed by atoms with Gasteiger partial charge in [0, 0.05) is 36.0 Å². The largest absolute Gasteiger partial charge is 0.488 e. The van der Waals surface area contributed by atoms with Gasteiger partial charge in [0.2, 0.25) is 5.95 Å². The van der Waals surface area contributed by atoms with Crippen molar-refractivity contribution in [1.82, 2.24) is 15.3 Å². The van der Waals surface area contributed by atoms with E-state index in [4.69, 9.17) is 14.5 Å². The van der Waals surface area contributed by atoms with Gasteiger partial charge in [-0.1, -0.05) is 0 Å². The predicted molar refractivity (Wildman–Crippen MR) is 131 cm³/mol. The lowest BCUT2D eigenvalue weighted by Crippen LogP contribution is -2.36. The molecule has 2 aromatic carbocycles. The van der Waals surface area contributed by atoms with Crippen LogP contribution in [0.2, 0.25) is 0 Å². The highest BCUT2D eigenvalue weighted by molar-refractivity contribution is 5.86. The highest BCUT2D eigenvalue weighted by atomic mass is 16.5. The van der Waals surface area contributed by atoms with Crippen molar-refractivity contribution in [3.63, 3.8) is 0 Å². The van der Waals surface area contributed by atoms with Gasteiger partial charge in [-0.15, -0.1) is 0 Å². The van der Waals surface area contributed by atoms with E-state index in [1.165, 1.54) is 24.1 Å². The SMILES string of the molecule is c1cc(N2CCOCC2)ccc1Nc1ncc2cc(C3CC3)cc(OC3CCNCC3)c2n1. The average Bonchev–Trinajstić information content (AvgIpc) is 3.72. The van der Waals surface area contributed by atoms with Crippen molar-refractivity contribution in [1.29, 1.82) is 0 Å². The van der Waals surface area contributed by atoms with Crippen LogP contribution in [0.15, 0.2) is 42.6 Å². The summed E-state index contributed by atoms with van der Waals surface area (Å²) in [7, 11) is 0. The molecule has 3 aromatic rings. The molecule has 3 heterocycles. The van der Waals surface area contributed by atoms with Crippen molar-refractivity contribution in [3.8, 4) is 5.75 Å². The first-order valence-corrected chi connectivity index (χ1v) is 12.2. The van der Waals surface area contributed by atoms with Gasteiger partial charge in [0.1, 0.15) is 17.4 Å². The standard InChI is InChI=1S/C26H31N5O2/c1-2-18(1)19-15-20-17-28-26(30-25(20)24(16-19)33-23-7-9-27-10-8-23)29-21-3-5-22(6-4-21)31-11-13-32-14-12-31/h3-6,15-18,23,27H,1-2,7-14H2,(H,28,29,30). The van der Waals surface area contributed by atoms with Crippen LogP contribution in [0, 0.1) is 0 Å². The van der Waals surface area contributed by atoms with Gasteiger partial charge in [-0.2, -0.15) is 0 Å². The summed E-state index contributed by atoms with van der Waals surface area (Å²) in [5, 5.41) is 7.84. The Balaban J connectivity index is 1.25. The second-order valence-corrected chi connectivity index (χ2v) is 9.26. The molecule has 1 aliphatic carbocycles. The number of nitrogens with zero attached hydrogens (tertiary/aromatic N) is 3.